The molecule has 0 aromatic carbocycles. The highest BCUT2D eigenvalue weighted by Crippen LogP contribution is 2.24. The van der Waals surface area contributed by atoms with Gasteiger partial charge < -0.3 is 19.8 Å². The number of nitrogens with zero attached hydrogens (tertiary/aromatic N) is 4. The predicted octanol–water partition coefficient (Wildman–Crippen LogP) is 1.37. The van der Waals surface area contributed by atoms with E-state index in [1.54, 1.807) is 6.20 Å². The Morgan fingerprint density at radius 1 is 1.11 bits per heavy atom. The maximum atomic E-state index is 12.8. The maximum Gasteiger partial charge on any atom is 0.255 e. The van der Waals surface area contributed by atoms with Crippen molar-refractivity contribution < 1.29 is 14.7 Å². The molecule has 3 aliphatic heterocycles. The van der Waals surface area contributed by atoms with Crippen LogP contribution in [0.1, 0.15) is 42.5 Å². The zero-order chi connectivity index (χ0) is 19.5. The number of carbonyl (C=O) groups is 2. The molecular weight excluding hydrogens is 356 g/mol. The highest BCUT2D eigenvalue weighted by Gasteiger charge is 2.28. The van der Waals surface area contributed by atoms with Gasteiger partial charge in [-0.05, 0) is 43.7 Å². The van der Waals surface area contributed by atoms with Gasteiger partial charge in [0.25, 0.3) is 5.91 Å². The number of aliphatic hydroxyl groups excluding tert-OH is 1. The van der Waals surface area contributed by atoms with Crippen LogP contribution in [0.4, 0.5) is 5.82 Å². The molecule has 0 aliphatic carbocycles. The molecule has 2 amide bonds. The van der Waals surface area contributed by atoms with Crippen LogP contribution in [0.25, 0.3) is 0 Å². The van der Waals surface area contributed by atoms with E-state index in [1.165, 1.54) is 0 Å². The molecular formula is C21H30N4O3. The number of rotatable bonds is 5. The van der Waals surface area contributed by atoms with Gasteiger partial charge in [0.1, 0.15) is 5.82 Å². The number of hydrogen-bond acceptors (Lipinski definition) is 5. The zero-order valence-electron chi connectivity index (χ0n) is 16.4. The number of anilines is 1. The maximum absolute atomic E-state index is 12.8. The van der Waals surface area contributed by atoms with Gasteiger partial charge in [0.15, 0.2) is 0 Å². The van der Waals surface area contributed by atoms with Crippen LogP contribution >= 0.6 is 0 Å². The molecule has 1 aromatic rings. The van der Waals surface area contributed by atoms with Crippen LogP contribution in [0.5, 0.6) is 0 Å². The summed E-state index contributed by atoms with van der Waals surface area (Å²) in [7, 11) is 0. The molecule has 0 unspecified atom stereocenters. The molecule has 7 nitrogen and oxygen atoms in total. The average Bonchev–Trinajstić information content (AvgIpc) is 3.37. The molecule has 1 N–H and O–H groups in total. The van der Waals surface area contributed by atoms with Crippen molar-refractivity contribution in [3.8, 4) is 0 Å². The van der Waals surface area contributed by atoms with Crippen molar-refractivity contribution >= 4 is 17.6 Å². The van der Waals surface area contributed by atoms with Crippen molar-refractivity contribution in [3.05, 3.63) is 23.9 Å². The van der Waals surface area contributed by atoms with Gasteiger partial charge >= 0.3 is 0 Å². The summed E-state index contributed by atoms with van der Waals surface area (Å²) in [6.07, 6.45) is 6.25. The highest BCUT2D eigenvalue weighted by atomic mass is 16.3. The minimum absolute atomic E-state index is 0.0457. The van der Waals surface area contributed by atoms with Gasteiger partial charge in [0.05, 0.1) is 5.56 Å². The monoisotopic (exact) mass is 386 g/mol. The Morgan fingerprint density at radius 2 is 1.89 bits per heavy atom. The number of amides is 2. The molecule has 7 heteroatoms. The van der Waals surface area contributed by atoms with Gasteiger partial charge in [-0.3, -0.25) is 9.59 Å². The molecule has 1 atom stereocenters. The fraction of sp³-hybridized carbons (Fsp3) is 0.667. The quantitative estimate of drug-likeness (QED) is 0.827. The fourth-order valence-electron chi connectivity index (χ4n) is 4.60. The zero-order valence-corrected chi connectivity index (χ0v) is 16.4. The van der Waals surface area contributed by atoms with E-state index in [1.807, 2.05) is 21.9 Å². The number of hydrogen-bond donors (Lipinski definition) is 1. The number of piperidine rings is 1. The molecule has 0 radical (unpaired) electrons. The topological polar surface area (TPSA) is 77.0 Å². The van der Waals surface area contributed by atoms with E-state index in [-0.39, 0.29) is 18.4 Å². The van der Waals surface area contributed by atoms with Gasteiger partial charge in [-0.25, -0.2) is 4.98 Å². The summed E-state index contributed by atoms with van der Waals surface area (Å²) in [5, 5.41) is 9.29. The first-order valence-electron chi connectivity index (χ1n) is 10.5. The van der Waals surface area contributed by atoms with E-state index < -0.39 is 0 Å². The van der Waals surface area contributed by atoms with Gasteiger partial charge in [0, 0.05) is 64.4 Å². The number of pyridine rings is 1. The van der Waals surface area contributed by atoms with Crippen LogP contribution in [-0.4, -0.2) is 77.6 Å². The SMILES string of the molecule is O=C1CCCN1CC1CCN(C(=O)c2ccc(N3CC[C@@H](CO)C3)nc2)CC1. The minimum atomic E-state index is 0.0457. The van der Waals surface area contributed by atoms with E-state index in [0.29, 0.717) is 23.8 Å². The molecule has 3 saturated heterocycles. The summed E-state index contributed by atoms with van der Waals surface area (Å²) in [5.41, 5.74) is 0.634. The van der Waals surface area contributed by atoms with Crippen LogP contribution in [0.2, 0.25) is 0 Å². The Morgan fingerprint density at radius 3 is 2.50 bits per heavy atom. The molecule has 0 saturated carbocycles. The standard InChI is InChI=1S/C21H30N4O3/c26-15-17-7-11-24(14-17)19-4-3-18(12-22-19)21(28)23-9-5-16(6-10-23)13-25-8-1-2-20(25)27/h3-4,12,16-17,26H,1-2,5-11,13-15H2/t17-/m1/s1. The second-order valence-electron chi connectivity index (χ2n) is 8.37. The molecule has 0 bridgehead atoms. The number of likely N-dealkylation sites (tertiary alicyclic amines) is 2. The van der Waals surface area contributed by atoms with E-state index in [9.17, 15) is 14.7 Å². The summed E-state index contributed by atoms with van der Waals surface area (Å²) in [4.78, 5) is 35.2. The number of aromatic nitrogens is 1. The Balaban J connectivity index is 1.28. The van der Waals surface area contributed by atoms with Gasteiger partial charge in [-0.2, -0.15) is 0 Å². The van der Waals surface area contributed by atoms with E-state index in [2.05, 4.69) is 9.88 Å². The summed E-state index contributed by atoms with van der Waals surface area (Å²) in [5.74, 6) is 2.03. The number of carbonyl (C=O) groups excluding carboxylic acids is 2. The molecule has 28 heavy (non-hydrogen) atoms. The van der Waals surface area contributed by atoms with Crippen molar-refractivity contribution in [2.75, 3.05) is 50.8 Å². The lowest BCUT2D eigenvalue weighted by molar-refractivity contribution is -0.128. The van der Waals surface area contributed by atoms with Crippen molar-refractivity contribution in [1.82, 2.24) is 14.8 Å². The highest BCUT2D eigenvalue weighted by molar-refractivity contribution is 5.94. The first-order chi connectivity index (χ1) is 13.6. The third-order valence-electron chi connectivity index (χ3n) is 6.41. The Labute approximate surface area is 166 Å². The van der Waals surface area contributed by atoms with Gasteiger partial charge in [-0.15, -0.1) is 0 Å². The minimum Gasteiger partial charge on any atom is -0.396 e. The third-order valence-corrected chi connectivity index (χ3v) is 6.41. The van der Waals surface area contributed by atoms with Crippen LogP contribution in [0, 0.1) is 11.8 Å². The molecule has 0 spiro atoms. The van der Waals surface area contributed by atoms with Crippen molar-refractivity contribution in [2.24, 2.45) is 11.8 Å². The normalized spacial score (nSPS) is 23.7. The second-order valence-corrected chi connectivity index (χ2v) is 8.37. The van der Waals surface area contributed by atoms with Crippen LogP contribution in [0.3, 0.4) is 0 Å². The van der Waals surface area contributed by atoms with Gasteiger partial charge in [-0.1, -0.05) is 0 Å². The first-order valence-corrected chi connectivity index (χ1v) is 10.5. The number of aliphatic hydroxyl groups is 1. The first kappa shape index (κ1) is 19.2. The lowest BCUT2D eigenvalue weighted by Crippen LogP contribution is -2.41. The smallest absolute Gasteiger partial charge is 0.255 e. The summed E-state index contributed by atoms with van der Waals surface area (Å²) in [6.45, 7) is 5.18. The van der Waals surface area contributed by atoms with E-state index >= 15 is 0 Å². The van der Waals surface area contributed by atoms with Crippen LogP contribution in [-0.2, 0) is 4.79 Å². The Hall–Kier alpha value is -2.15. The molecule has 4 rings (SSSR count). The fourth-order valence-corrected chi connectivity index (χ4v) is 4.60. The van der Waals surface area contributed by atoms with Crippen molar-refractivity contribution in [2.45, 2.75) is 32.1 Å². The van der Waals surface area contributed by atoms with Crippen molar-refractivity contribution in [3.63, 3.8) is 0 Å². The molecule has 4 heterocycles. The van der Waals surface area contributed by atoms with E-state index in [0.717, 1.165) is 70.8 Å². The largest absolute Gasteiger partial charge is 0.396 e. The Kier molecular flexibility index (Phi) is 5.80. The van der Waals surface area contributed by atoms with Crippen LogP contribution in [0.15, 0.2) is 18.3 Å². The van der Waals surface area contributed by atoms with Crippen molar-refractivity contribution in [1.29, 1.82) is 0 Å². The summed E-state index contributed by atoms with van der Waals surface area (Å²) in [6, 6.07) is 3.78. The lowest BCUT2D eigenvalue weighted by Gasteiger charge is -2.34. The van der Waals surface area contributed by atoms with Crippen LogP contribution < -0.4 is 4.90 Å². The molecule has 3 aliphatic rings. The third kappa shape index (κ3) is 4.14. The predicted molar refractivity (Wildman–Crippen MR) is 106 cm³/mol. The Bertz CT molecular complexity index is 700. The summed E-state index contributed by atoms with van der Waals surface area (Å²) >= 11 is 0. The van der Waals surface area contributed by atoms with Gasteiger partial charge in [0.2, 0.25) is 5.91 Å². The molecule has 152 valence electrons. The lowest BCUT2D eigenvalue weighted by atomic mass is 9.96. The molecule has 3 fully saturated rings. The molecule has 1 aromatic heterocycles. The second kappa shape index (κ2) is 8.47. The van der Waals surface area contributed by atoms with E-state index in [4.69, 9.17) is 0 Å². The summed E-state index contributed by atoms with van der Waals surface area (Å²) < 4.78 is 0. The average molecular weight is 386 g/mol.